The van der Waals surface area contributed by atoms with Gasteiger partial charge in [0.1, 0.15) is 0 Å². The Morgan fingerprint density at radius 1 is 1.16 bits per heavy atom. The van der Waals surface area contributed by atoms with Gasteiger partial charge in [-0.15, -0.1) is 0 Å². The van der Waals surface area contributed by atoms with Gasteiger partial charge in [-0.25, -0.2) is 0 Å². The van der Waals surface area contributed by atoms with E-state index >= 15 is 0 Å². The first-order valence-corrected chi connectivity index (χ1v) is 9.02. The van der Waals surface area contributed by atoms with E-state index in [4.69, 9.17) is 11.6 Å². The molecule has 0 aliphatic carbocycles. The summed E-state index contributed by atoms with van der Waals surface area (Å²) in [5.74, 6) is 0. The molecule has 0 aliphatic heterocycles. The number of nitrogens with zero attached hydrogens (tertiary/aromatic N) is 1. The van der Waals surface area contributed by atoms with Gasteiger partial charge in [0.2, 0.25) is 0 Å². The summed E-state index contributed by atoms with van der Waals surface area (Å²) < 4.78 is 3.18. The van der Waals surface area contributed by atoms with Crippen LogP contribution in [0.3, 0.4) is 0 Å². The predicted octanol–water partition coefficient (Wildman–Crippen LogP) is 4.07. The fraction of sp³-hybridized carbons (Fsp3) is 0.533. The Morgan fingerprint density at radius 3 is 2.68 bits per heavy atom. The van der Waals surface area contributed by atoms with Crippen LogP contribution in [-0.4, -0.2) is 18.3 Å². The fourth-order valence-corrected chi connectivity index (χ4v) is 4.52. The molecule has 0 radical (unpaired) electrons. The molecule has 4 heteroatoms. The molecule has 2 aromatic rings. The molecule has 0 saturated carbocycles. The Bertz CT molecular complexity index is 587. The number of fused-ring (bicyclic) bond motifs is 1. The van der Waals surface area contributed by atoms with Gasteiger partial charge in [-0.3, -0.25) is 0 Å². The van der Waals surface area contributed by atoms with Gasteiger partial charge in [-0.05, 0) is 0 Å². The van der Waals surface area contributed by atoms with Crippen LogP contribution in [0.2, 0.25) is 5.02 Å². The van der Waals surface area contributed by atoms with Crippen LogP contribution < -0.4 is 5.56 Å². The summed E-state index contributed by atoms with van der Waals surface area (Å²) >= 11 is 6.10. The minimum atomic E-state index is 0.153. The molecule has 104 valence electrons. The van der Waals surface area contributed by atoms with Crippen molar-refractivity contribution in [1.82, 2.24) is 3.56 Å². The second-order valence-electron chi connectivity index (χ2n) is 4.91. The van der Waals surface area contributed by atoms with Crippen molar-refractivity contribution in [3.63, 3.8) is 0 Å². The summed E-state index contributed by atoms with van der Waals surface area (Å²) in [6.07, 6.45) is 7.59. The van der Waals surface area contributed by atoms with E-state index in [0.717, 1.165) is 18.4 Å². The topological polar surface area (TPSA) is 22.0 Å². The molecule has 0 fully saturated rings. The third kappa shape index (κ3) is 3.98. The quantitative estimate of drug-likeness (QED) is 0.548. The summed E-state index contributed by atoms with van der Waals surface area (Å²) in [4.78, 5) is 12.2. The van der Waals surface area contributed by atoms with Gasteiger partial charge in [0, 0.05) is 0 Å². The van der Waals surface area contributed by atoms with E-state index in [1.165, 1.54) is 36.4 Å². The van der Waals surface area contributed by atoms with Crippen LogP contribution in [0.25, 0.3) is 9.65 Å². The molecule has 0 unspecified atom stereocenters. The monoisotopic (exact) mass is 345 g/mol. The Morgan fingerprint density at radius 2 is 1.89 bits per heavy atom. The molecular formula is C15H20ClNOSe. The van der Waals surface area contributed by atoms with Crippen LogP contribution in [-0.2, 0) is 6.54 Å². The van der Waals surface area contributed by atoms with Crippen LogP contribution >= 0.6 is 11.6 Å². The van der Waals surface area contributed by atoms with Crippen molar-refractivity contribution < 1.29 is 0 Å². The molecule has 2 rings (SSSR count). The van der Waals surface area contributed by atoms with Crippen molar-refractivity contribution in [2.45, 2.75) is 52.0 Å². The molecule has 0 spiro atoms. The average molecular weight is 345 g/mol. The summed E-state index contributed by atoms with van der Waals surface area (Å²) in [5.41, 5.74) is 0.172. The standard InChI is InChI=1S/C15H20ClNOSe/c1-2-3-4-5-6-7-10-17-15(18)13-11-12(16)8-9-14(13)19-17/h8-9,11H,2-7,10H2,1H3. The van der Waals surface area contributed by atoms with Crippen molar-refractivity contribution in [3.05, 3.63) is 33.6 Å². The number of aromatic nitrogens is 1. The molecule has 0 atom stereocenters. The van der Waals surface area contributed by atoms with Gasteiger partial charge in [0.05, 0.1) is 0 Å². The van der Waals surface area contributed by atoms with Crippen molar-refractivity contribution >= 4 is 36.0 Å². The second-order valence-corrected chi connectivity index (χ2v) is 7.57. The van der Waals surface area contributed by atoms with Crippen molar-refractivity contribution in [2.75, 3.05) is 0 Å². The molecule has 0 aliphatic rings. The second kappa shape index (κ2) is 7.33. The number of rotatable bonds is 7. The van der Waals surface area contributed by atoms with Crippen LogP contribution in [0.4, 0.5) is 0 Å². The van der Waals surface area contributed by atoms with E-state index in [9.17, 15) is 4.79 Å². The minimum absolute atomic E-state index is 0.153. The SMILES string of the molecule is CCCCCCCCn1[se]c2ccc(Cl)cc2c1=O. The fourth-order valence-electron chi connectivity index (χ4n) is 2.23. The average Bonchev–Trinajstić information content (AvgIpc) is 2.71. The van der Waals surface area contributed by atoms with Gasteiger partial charge < -0.3 is 0 Å². The molecule has 1 aromatic heterocycles. The van der Waals surface area contributed by atoms with Crippen LogP contribution in [0, 0.1) is 0 Å². The van der Waals surface area contributed by atoms with Gasteiger partial charge in [0.15, 0.2) is 0 Å². The van der Waals surface area contributed by atoms with Gasteiger partial charge >= 0.3 is 125 Å². The van der Waals surface area contributed by atoms with Crippen LogP contribution in [0.1, 0.15) is 45.4 Å². The van der Waals surface area contributed by atoms with Crippen molar-refractivity contribution in [2.24, 2.45) is 0 Å². The molecule has 0 saturated heterocycles. The zero-order chi connectivity index (χ0) is 13.7. The zero-order valence-corrected chi connectivity index (χ0v) is 13.8. The van der Waals surface area contributed by atoms with E-state index < -0.39 is 0 Å². The number of hydrogen-bond donors (Lipinski definition) is 0. The van der Waals surface area contributed by atoms with Crippen LogP contribution in [0.15, 0.2) is 23.0 Å². The van der Waals surface area contributed by atoms with E-state index in [-0.39, 0.29) is 20.3 Å². The summed E-state index contributed by atoms with van der Waals surface area (Å²) in [6.45, 7) is 3.13. The molecule has 0 N–H and O–H groups in total. The van der Waals surface area contributed by atoms with Crippen molar-refractivity contribution in [3.8, 4) is 0 Å². The predicted molar refractivity (Wildman–Crippen MR) is 83.5 cm³/mol. The van der Waals surface area contributed by atoms with E-state index in [1.54, 1.807) is 0 Å². The number of halogens is 1. The Labute approximate surface area is 125 Å². The maximum atomic E-state index is 12.2. The van der Waals surface area contributed by atoms with Crippen molar-refractivity contribution in [1.29, 1.82) is 0 Å². The molecule has 0 bridgehead atoms. The molecule has 0 amide bonds. The molecule has 1 aromatic carbocycles. The van der Waals surface area contributed by atoms with E-state index in [0.29, 0.717) is 5.02 Å². The summed E-state index contributed by atoms with van der Waals surface area (Å²) in [6, 6.07) is 5.68. The Balaban J connectivity index is 1.94. The molecule has 1 heterocycles. The normalized spacial score (nSPS) is 11.3. The summed E-state index contributed by atoms with van der Waals surface area (Å²) in [5, 5.41) is 1.47. The number of unbranched alkanes of at least 4 members (excludes halogenated alkanes) is 5. The Hall–Kier alpha value is -0.501. The molecular weight excluding hydrogens is 325 g/mol. The Kier molecular flexibility index (Phi) is 5.75. The first-order valence-electron chi connectivity index (χ1n) is 7.01. The van der Waals surface area contributed by atoms with E-state index in [2.05, 4.69) is 6.92 Å². The third-order valence-corrected chi connectivity index (χ3v) is 5.91. The first kappa shape index (κ1) is 14.9. The van der Waals surface area contributed by atoms with E-state index in [1.807, 2.05) is 21.8 Å². The maximum absolute atomic E-state index is 12.2. The van der Waals surface area contributed by atoms with Gasteiger partial charge in [-0.2, -0.15) is 0 Å². The van der Waals surface area contributed by atoms with Gasteiger partial charge in [-0.1, -0.05) is 0 Å². The summed E-state index contributed by atoms with van der Waals surface area (Å²) in [7, 11) is 0. The van der Waals surface area contributed by atoms with Crippen LogP contribution in [0.5, 0.6) is 0 Å². The van der Waals surface area contributed by atoms with Gasteiger partial charge in [0.25, 0.3) is 0 Å². The first-order chi connectivity index (χ1) is 9.22. The molecule has 2 nitrogen and oxygen atoms in total. The number of aryl methyl sites for hydroxylation is 1. The number of hydrogen-bond acceptors (Lipinski definition) is 1. The zero-order valence-electron chi connectivity index (χ0n) is 11.3. The third-order valence-electron chi connectivity index (χ3n) is 3.32. The molecule has 19 heavy (non-hydrogen) atoms. The number of benzene rings is 1.